The molecule has 0 unspecified atom stereocenters. The van der Waals surface area contributed by atoms with E-state index in [4.69, 9.17) is 33.2 Å². The number of hydrogen-bond acceptors (Lipinski definition) is 12. The van der Waals surface area contributed by atoms with Gasteiger partial charge >= 0.3 is 29.8 Å². The van der Waals surface area contributed by atoms with E-state index in [1.165, 1.54) is 40.2 Å². The van der Waals surface area contributed by atoms with Crippen molar-refractivity contribution in [2.75, 3.05) is 13.2 Å². The minimum absolute atomic E-state index is 0.0631. The SMILES string of the molecule is C=C(C)[C@@H]1CC[C@]2(CO[C@@H]3O[C@H](COC(C)=O)[C@H](OC(C)=O)[C@H](OC(C)=O)[C@H]3OC(C)=O)CC[C@]3(C)[C@H](CC[C@@H]4[C@@]5(C)CC[C@H](OC(C)=O)C(C)(C)[C@@H]5CC[C@]43C)[C@@H]12. The summed E-state index contributed by atoms with van der Waals surface area (Å²) in [4.78, 5) is 61.5. The van der Waals surface area contributed by atoms with Crippen molar-refractivity contribution >= 4 is 29.8 Å². The second kappa shape index (κ2) is 16.1. The topological polar surface area (TPSA) is 150 Å². The summed E-state index contributed by atoms with van der Waals surface area (Å²) in [5.41, 5.74) is 1.18. The Morgan fingerprint density at radius 1 is 0.621 bits per heavy atom. The molecule has 5 aliphatic carbocycles. The van der Waals surface area contributed by atoms with Crippen LogP contribution < -0.4 is 0 Å². The number of allylic oxidation sites excluding steroid dienone is 1. The van der Waals surface area contributed by atoms with Crippen LogP contribution in [0.2, 0.25) is 0 Å². The van der Waals surface area contributed by atoms with Crippen LogP contribution in [-0.4, -0.2) is 79.9 Å². The molecule has 0 radical (unpaired) electrons. The van der Waals surface area contributed by atoms with Crippen molar-refractivity contribution in [2.45, 2.75) is 177 Å². The second-order valence-corrected chi connectivity index (χ2v) is 20.4. The van der Waals surface area contributed by atoms with Crippen LogP contribution in [0.5, 0.6) is 0 Å². The molecular weight excluding hydrogens is 744 g/mol. The summed E-state index contributed by atoms with van der Waals surface area (Å²) in [6, 6.07) is 0. The monoisotopic (exact) mass is 814 g/mol. The van der Waals surface area contributed by atoms with Crippen LogP contribution in [-0.2, 0) is 57.1 Å². The van der Waals surface area contributed by atoms with E-state index in [9.17, 15) is 24.0 Å². The highest BCUT2D eigenvalue weighted by atomic mass is 16.7. The molecule has 0 spiro atoms. The Bertz CT molecular complexity index is 1640. The average molecular weight is 815 g/mol. The summed E-state index contributed by atoms with van der Waals surface area (Å²) in [7, 11) is 0. The van der Waals surface area contributed by atoms with E-state index in [-0.39, 0.29) is 45.8 Å². The molecule has 1 heterocycles. The van der Waals surface area contributed by atoms with Crippen molar-refractivity contribution in [3.63, 3.8) is 0 Å². The van der Waals surface area contributed by atoms with Gasteiger partial charge in [0.1, 0.15) is 18.8 Å². The number of hydrogen-bond donors (Lipinski definition) is 0. The van der Waals surface area contributed by atoms with Crippen molar-refractivity contribution in [1.82, 2.24) is 0 Å². The molecule has 0 amide bonds. The molecule has 6 aliphatic rings. The fourth-order valence-corrected chi connectivity index (χ4v) is 14.5. The molecular formula is C46H70O12. The number of fused-ring (bicyclic) bond motifs is 7. The van der Waals surface area contributed by atoms with E-state index in [2.05, 4.69) is 48.1 Å². The maximum atomic E-state index is 12.6. The van der Waals surface area contributed by atoms with Gasteiger partial charge in [0.05, 0.1) is 6.61 Å². The van der Waals surface area contributed by atoms with Gasteiger partial charge in [0.15, 0.2) is 24.6 Å². The minimum Gasteiger partial charge on any atom is -0.463 e. The van der Waals surface area contributed by atoms with Crippen molar-refractivity contribution in [2.24, 2.45) is 56.7 Å². The Labute approximate surface area is 345 Å². The van der Waals surface area contributed by atoms with E-state index in [1.54, 1.807) is 0 Å². The molecule has 0 bridgehead atoms. The number of carbonyl (C=O) groups is 5. The van der Waals surface area contributed by atoms with Gasteiger partial charge in [-0.1, -0.05) is 46.8 Å². The lowest BCUT2D eigenvalue weighted by Crippen LogP contribution is -2.67. The molecule has 12 heteroatoms. The Morgan fingerprint density at radius 2 is 1.24 bits per heavy atom. The minimum atomic E-state index is -1.28. The lowest BCUT2D eigenvalue weighted by atomic mass is 9.32. The number of carbonyl (C=O) groups excluding carboxylic acids is 5. The zero-order valence-corrected chi connectivity index (χ0v) is 36.9. The Hall–Kier alpha value is -2.99. The van der Waals surface area contributed by atoms with Gasteiger partial charge in [-0.15, -0.1) is 0 Å². The van der Waals surface area contributed by atoms with Gasteiger partial charge in [-0.25, -0.2) is 0 Å². The predicted octanol–water partition coefficient (Wildman–Crippen LogP) is 7.68. The van der Waals surface area contributed by atoms with Gasteiger partial charge in [-0.2, -0.15) is 0 Å². The van der Waals surface area contributed by atoms with Crippen LogP contribution in [0.15, 0.2) is 12.2 Å². The summed E-state index contributed by atoms with van der Waals surface area (Å²) in [5.74, 6) is -0.711. The summed E-state index contributed by atoms with van der Waals surface area (Å²) in [6.07, 6.45) is 4.30. The first-order valence-corrected chi connectivity index (χ1v) is 21.8. The van der Waals surface area contributed by atoms with Gasteiger partial charge in [0.2, 0.25) is 0 Å². The highest BCUT2D eigenvalue weighted by Crippen LogP contribution is 2.77. The second-order valence-electron chi connectivity index (χ2n) is 20.4. The molecule has 6 rings (SSSR count). The predicted molar refractivity (Wildman–Crippen MR) is 212 cm³/mol. The molecule has 1 saturated heterocycles. The van der Waals surface area contributed by atoms with Gasteiger partial charge in [-0.3, -0.25) is 24.0 Å². The van der Waals surface area contributed by atoms with E-state index in [0.29, 0.717) is 36.2 Å². The highest BCUT2D eigenvalue weighted by molar-refractivity contribution is 5.69. The third-order valence-corrected chi connectivity index (χ3v) is 17.0. The fourth-order valence-electron chi connectivity index (χ4n) is 14.5. The van der Waals surface area contributed by atoms with E-state index in [1.807, 2.05) is 0 Å². The molecule has 326 valence electrons. The average Bonchev–Trinajstić information content (AvgIpc) is 3.50. The summed E-state index contributed by atoms with van der Waals surface area (Å²) in [6.45, 7) is 25.6. The van der Waals surface area contributed by atoms with Crippen molar-refractivity contribution in [3.8, 4) is 0 Å². The largest absolute Gasteiger partial charge is 0.463 e. The van der Waals surface area contributed by atoms with Crippen molar-refractivity contribution < 1.29 is 57.1 Å². The number of esters is 5. The normalized spacial score (nSPS) is 43.9. The van der Waals surface area contributed by atoms with Crippen molar-refractivity contribution in [3.05, 3.63) is 12.2 Å². The maximum Gasteiger partial charge on any atom is 0.303 e. The summed E-state index contributed by atoms with van der Waals surface area (Å²) < 4.78 is 41.6. The Balaban J connectivity index is 1.31. The fraction of sp³-hybridized carbons (Fsp3) is 0.848. The standard InChI is InChI=1S/C46H70O12/c1-25(2)31-15-20-46(24-53-41-40(57-30(7)51)39(56-29(6)50)38(55-28(5)49)33(58-41)23-52-26(3)47)22-21-44(11)32(37(31)46)13-14-35-43(10)18-17-36(54-27(4)48)42(8,9)34(43)16-19-45(35,44)12/h31-41H,1,13-24H2,2-12H3/t31-,32+,33+,34-,35+,36-,37+,38-,39-,40+,41+,43-,44+,45+,46+/m0/s1. The molecule has 0 aromatic rings. The van der Waals surface area contributed by atoms with E-state index in [0.717, 1.165) is 64.2 Å². The zero-order chi connectivity index (χ0) is 42.7. The smallest absolute Gasteiger partial charge is 0.303 e. The molecule has 12 nitrogen and oxygen atoms in total. The molecule has 0 aromatic carbocycles. The maximum absolute atomic E-state index is 12.6. The first-order chi connectivity index (χ1) is 27.0. The molecule has 15 atom stereocenters. The summed E-state index contributed by atoms with van der Waals surface area (Å²) in [5, 5.41) is 0. The third-order valence-electron chi connectivity index (χ3n) is 17.0. The number of rotatable bonds is 10. The first-order valence-electron chi connectivity index (χ1n) is 21.8. The van der Waals surface area contributed by atoms with Crippen LogP contribution in [0.25, 0.3) is 0 Å². The molecule has 6 fully saturated rings. The molecule has 5 saturated carbocycles. The van der Waals surface area contributed by atoms with E-state index < -0.39 is 54.6 Å². The van der Waals surface area contributed by atoms with Gasteiger partial charge in [-0.05, 0) is 122 Å². The zero-order valence-electron chi connectivity index (χ0n) is 36.9. The summed E-state index contributed by atoms with van der Waals surface area (Å²) >= 11 is 0. The van der Waals surface area contributed by atoms with Crippen LogP contribution >= 0.6 is 0 Å². The Morgan fingerprint density at radius 3 is 1.84 bits per heavy atom. The van der Waals surface area contributed by atoms with E-state index >= 15 is 0 Å². The van der Waals surface area contributed by atoms with Gasteiger partial charge < -0.3 is 33.2 Å². The molecule has 0 N–H and O–H groups in total. The quantitative estimate of drug-likeness (QED) is 0.121. The van der Waals surface area contributed by atoms with Crippen LogP contribution in [0.1, 0.15) is 140 Å². The highest BCUT2D eigenvalue weighted by Gasteiger charge is 2.71. The first kappa shape index (κ1) is 44.6. The molecule has 1 aliphatic heterocycles. The third kappa shape index (κ3) is 7.64. The number of ether oxygens (including phenoxy) is 7. The lowest BCUT2D eigenvalue weighted by molar-refractivity contribution is -0.317. The molecule has 0 aromatic heterocycles. The molecule has 58 heavy (non-hydrogen) atoms. The van der Waals surface area contributed by atoms with Gasteiger partial charge in [0.25, 0.3) is 0 Å². The lowest BCUT2D eigenvalue weighted by Gasteiger charge is -2.73. The van der Waals surface area contributed by atoms with Crippen molar-refractivity contribution in [1.29, 1.82) is 0 Å². The van der Waals surface area contributed by atoms with Crippen LogP contribution in [0, 0.1) is 56.7 Å². The van der Waals surface area contributed by atoms with Gasteiger partial charge in [0, 0.05) is 40.0 Å². The van der Waals surface area contributed by atoms with Crippen LogP contribution in [0.4, 0.5) is 0 Å². The van der Waals surface area contributed by atoms with Crippen LogP contribution in [0.3, 0.4) is 0 Å². The Kier molecular flexibility index (Phi) is 12.4.